The van der Waals surface area contributed by atoms with Crippen LogP contribution in [0.25, 0.3) is 75.8 Å². The minimum absolute atomic E-state index is 1.09. The van der Waals surface area contributed by atoms with Crippen LogP contribution in [0.15, 0.2) is 224 Å². The Labute approximate surface area is 332 Å². The zero-order valence-corrected chi connectivity index (χ0v) is 31.5. The number of anilines is 3. The summed E-state index contributed by atoms with van der Waals surface area (Å²) in [5.41, 5.74) is 15.2. The van der Waals surface area contributed by atoms with Crippen molar-refractivity contribution in [3.05, 3.63) is 224 Å². The fourth-order valence-electron chi connectivity index (χ4n) is 8.09. The van der Waals surface area contributed by atoms with Crippen LogP contribution in [0.3, 0.4) is 0 Å². The number of hydrogen-bond acceptors (Lipinski definition) is 2. The molecule has 0 spiro atoms. The van der Waals surface area contributed by atoms with Crippen LogP contribution in [-0.2, 0) is 0 Å². The molecule has 0 amide bonds. The Morgan fingerprint density at radius 1 is 0.286 bits per heavy atom. The van der Waals surface area contributed by atoms with Crippen LogP contribution in [0.4, 0.5) is 17.1 Å². The van der Waals surface area contributed by atoms with Crippen molar-refractivity contribution in [3.63, 3.8) is 0 Å². The third kappa shape index (κ3) is 6.17. The summed E-state index contributed by atoms with van der Waals surface area (Å²) < 4.78 is 2.64. The number of thiophene rings is 1. The molecular formula is C54H37NS. The Bertz CT molecular complexity index is 2950. The summed E-state index contributed by atoms with van der Waals surface area (Å²) in [6, 6.07) is 81.4. The van der Waals surface area contributed by atoms with Gasteiger partial charge in [0.05, 0.1) is 11.4 Å². The van der Waals surface area contributed by atoms with Gasteiger partial charge in [-0.2, -0.15) is 0 Å². The summed E-state index contributed by atoms with van der Waals surface area (Å²) in [5.74, 6) is 0. The average Bonchev–Trinajstić information content (AvgIpc) is 3.66. The molecule has 1 aromatic heterocycles. The summed E-state index contributed by atoms with van der Waals surface area (Å²) in [5, 5.41) is 2.63. The van der Waals surface area contributed by atoms with Gasteiger partial charge in [-0.15, -0.1) is 11.3 Å². The van der Waals surface area contributed by atoms with E-state index in [4.69, 9.17) is 0 Å². The first-order valence-corrected chi connectivity index (χ1v) is 19.9. The largest absolute Gasteiger partial charge is 0.309 e. The Kier molecular flexibility index (Phi) is 8.79. The Balaban J connectivity index is 1.21. The monoisotopic (exact) mass is 731 g/mol. The minimum Gasteiger partial charge on any atom is -0.309 e. The van der Waals surface area contributed by atoms with Gasteiger partial charge >= 0.3 is 0 Å². The maximum absolute atomic E-state index is 2.46. The summed E-state index contributed by atoms with van der Waals surface area (Å²) >= 11 is 1.86. The lowest BCUT2D eigenvalue weighted by Gasteiger charge is -2.31. The molecule has 0 bridgehead atoms. The molecule has 0 aliphatic rings. The smallest absolute Gasteiger partial charge is 0.0546 e. The van der Waals surface area contributed by atoms with Crippen molar-refractivity contribution in [2.24, 2.45) is 0 Å². The van der Waals surface area contributed by atoms with Crippen LogP contribution >= 0.6 is 11.3 Å². The molecule has 9 aromatic carbocycles. The molecule has 264 valence electrons. The van der Waals surface area contributed by atoms with E-state index in [0.29, 0.717) is 0 Å². The predicted octanol–water partition coefficient (Wildman–Crippen LogP) is 15.9. The van der Waals surface area contributed by atoms with Gasteiger partial charge in [-0.1, -0.05) is 182 Å². The van der Waals surface area contributed by atoms with E-state index in [9.17, 15) is 0 Å². The van der Waals surface area contributed by atoms with Crippen molar-refractivity contribution < 1.29 is 0 Å². The molecule has 0 unspecified atom stereocenters. The van der Waals surface area contributed by atoms with E-state index in [2.05, 4.69) is 229 Å². The van der Waals surface area contributed by atoms with Crippen molar-refractivity contribution in [1.82, 2.24) is 0 Å². The molecule has 0 N–H and O–H groups in total. The Morgan fingerprint density at radius 3 is 1.50 bits per heavy atom. The molecule has 10 aromatic rings. The molecule has 0 saturated heterocycles. The first-order chi connectivity index (χ1) is 27.8. The second-order valence-corrected chi connectivity index (χ2v) is 15.1. The SMILES string of the molecule is c1ccc(-c2ccccc2-c2c(-c3ccccc3)cccc2N(c2ccc(-c3ccc4sc5ccccc5c4c3)cc2)c2ccccc2-c2ccccc2)cc1. The van der Waals surface area contributed by atoms with Gasteiger partial charge in [0, 0.05) is 37.0 Å². The van der Waals surface area contributed by atoms with Crippen molar-refractivity contribution in [2.75, 3.05) is 4.90 Å². The number of benzene rings is 9. The van der Waals surface area contributed by atoms with E-state index < -0.39 is 0 Å². The third-order valence-corrected chi connectivity index (χ3v) is 11.9. The highest BCUT2D eigenvalue weighted by Crippen LogP contribution is 2.50. The van der Waals surface area contributed by atoms with Gasteiger partial charge in [-0.05, 0) is 87.0 Å². The predicted molar refractivity (Wildman–Crippen MR) is 241 cm³/mol. The van der Waals surface area contributed by atoms with E-state index in [1.807, 2.05) is 11.3 Å². The first-order valence-electron chi connectivity index (χ1n) is 19.1. The standard InChI is InChI=1S/C54H37NS/c1-4-17-39(18-5-1)44-23-10-11-26-48(44)54-46(41-21-8-3-9-22-41)27-16-29-51(54)55(50-28-14-12-24-45(50)40-19-6-2-7-20-40)43-34-31-38(32-35-43)42-33-36-53-49(37-42)47-25-13-15-30-52(47)56-53/h1-37H. The number of hydrogen-bond donors (Lipinski definition) is 0. The molecule has 1 heterocycles. The molecule has 0 fully saturated rings. The summed E-state index contributed by atoms with van der Waals surface area (Å²) in [6.45, 7) is 0. The van der Waals surface area contributed by atoms with Gasteiger partial charge in [-0.3, -0.25) is 0 Å². The maximum atomic E-state index is 2.46. The topological polar surface area (TPSA) is 3.24 Å². The van der Waals surface area contributed by atoms with Crippen molar-refractivity contribution in [1.29, 1.82) is 0 Å². The van der Waals surface area contributed by atoms with Crippen LogP contribution in [0, 0.1) is 0 Å². The zero-order chi connectivity index (χ0) is 37.3. The summed E-state index contributed by atoms with van der Waals surface area (Å²) in [6.07, 6.45) is 0. The first kappa shape index (κ1) is 33.6. The van der Waals surface area contributed by atoms with Crippen LogP contribution in [0.5, 0.6) is 0 Å². The summed E-state index contributed by atoms with van der Waals surface area (Å²) in [7, 11) is 0. The number of nitrogens with zero attached hydrogens (tertiary/aromatic N) is 1. The molecule has 0 aliphatic heterocycles. The Morgan fingerprint density at radius 2 is 0.786 bits per heavy atom. The van der Waals surface area contributed by atoms with Gasteiger partial charge in [-0.25, -0.2) is 0 Å². The fourth-order valence-corrected chi connectivity index (χ4v) is 9.17. The van der Waals surface area contributed by atoms with Gasteiger partial charge in [0.2, 0.25) is 0 Å². The highest BCUT2D eigenvalue weighted by Gasteiger charge is 2.24. The van der Waals surface area contributed by atoms with Crippen molar-refractivity contribution in [2.45, 2.75) is 0 Å². The van der Waals surface area contributed by atoms with Crippen LogP contribution < -0.4 is 4.90 Å². The lowest BCUT2D eigenvalue weighted by Crippen LogP contribution is -2.13. The number of para-hydroxylation sites is 1. The Hall–Kier alpha value is -7.00. The quantitative estimate of drug-likeness (QED) is 0.150. The lowest BCUT2D eigenvalue weighted by atomic mass is 9.87. The van der Waals surface area contributed by atoms with Gasteiger partial charge in [0.25, 0.3) is 0 Å². The van der Waals surface area contributed by atoms with Crippen LogP contribution in [0.1, 0.15) is 0 Å². The highest BCUT2D eigenvalue weighted by atomic mass is 32.1. The molecule has 0 radical (unpaired) electrons. The average molecular weight is 732 g/mol. The van der Waals surface area contributed by atoms with E-state index in [-0.39, 0.29) is 0 Å². The molecule has 10 rings (SSSR count). The second kappa shape index (κ2) is 14.7. The third-order valence-electron chi connectivity index (χ3n) is 10.7. The molecule has 0 saturated carbocycles. The van der Waals surface area contributed by atoms with E-state index >= 15 is 0 Å². The molecule has 56 heavy (non-hydrogen) atoms. The van der Waals surface area contributed by atoms with Gasteiger partial charge < -0.3 is 4.90 Å². The van der Waals surface area contributed by atoms with E-state index in [1.54, 1.807) is 0 Å². The van der Waals surface area contributed by atoms with Crippen molar-refractivity contribution >= 4 is 48.6 Å². The van der Waals surface area contributed by atoms with Crippen molar-refractivity contribution in [3.8, 4) is 55.6 Å². The van der Waals surface area contributed by atoms with E-state index in [0.717, 1.165) is 17.1 Å². The number of rotatable bonds is 8. The lowest BCUT2D eigenvalue weighted by molar-refractivity contribution is 1.28. The molecule has 0 aliphatic carbocycles. The van der Waals surface area contributed by atoms with Gasteiger partial charge in [0.15, 0.2) is 0 Å². The maximum Gasteiger partial charge on any atom is 0.0546 e. The summed E-state index contributed by atoms with van der Waals surface area (Å²) in [4.78, 5) is 2.46. The minimum atomic E-state index is 1.09. The van der Waals surface area contributed by atoms with Crippen LogP contribution in [0.2, 0.25) is 0 Å². The highest BCUT2D eigenvalue weighted by molar-refractivity contribution is 7.25. The normalized spacial score (nSPS) is 11.2. The molecule has 2 heteroatoms. The molecular weight excluding hydrogens is 695 g/mol. The fraction of sp³-hybridized carbons (Fsp3) is 0. The number of fused-ring (bicyclic) bond motifs is 3. The van der Waals surface area contributed by atoms with E-state index in [1.165, 1.54) is 75.8 Å². The van der Waals surface area contributed by atoms with Crippen LogP contribution in [-0.4, -0.2) is 0 Å². The second-order valence-electron chi connectivity index (χ2n) is 14.1. The molecule has 1 nitrogen and oxygen atoms in total. The molecule has 0 atom stereocenters. The van der Waals surface area contributed by atoms with Gasteiger partial charge in [0.1, 0.15) is 0 Å². The zero-order valence-electron chi connectivity index (χ0n) is 30.7.